The second-order valence-corrected chi connectivity index (χ2v) is 6.69. The number of aromatic nitrogens is 4. The second-order valence-electron chi connectivity index (χ2n) is 6.69. The molecule has 2 heterocycles. The minimum atomic E-state index is -0.570. The number of hydrogen-bond donors (Lipinski definition) is 2. The number of amides is 1. The van der Waals surface area contributed by atoms with Gasteiger partial charge in [0.05, 0.1) is 18.4 Å². The summed E-state index contributed by atoms with van der Waals surface area (Å²) in [6.07, 6.45) is 5.17. The molecule has 4 aromatic rings. The molecule has 0 aliphatic rings. The van der Waals surface area contributed by atoms with Crippen LogP contribution in [0.5, 0.6) is 0 Å². The number of carbonyl (C=O) groups is 1. The molecule has 0 spiro atoms. The minimum absolute atomic E-state index is 0.184. The molecule has 0 unspecified atom stereocenters. The Labute approximate surface area is 165 Å². The van der Waals surface area contributed by atoms with Gasteiger partial charge in [-0.3, -0.25) is 24.1 Å². The van der Waals surface area contributed by atoms with Crippen molar-refractivity contribution in [2.24, 2.45) is 0 Å². The highest BCUT2D eigenvalue weighted by Crippen LogP contribution is 2.18. The van der Waals surface area contributed by atoms with E-state index in [1.807, 2.05) is 29.9 Å². The van der Waals surface area contributed by atoms with Crippen LogP contribution < -0.4 is 10.9 Å². The number of nitrogens with one attached hydrogen (secondary N) is 2. The fourth-order valence-electron chi connectivity index (χ4n) is 2.96. The third-order valence-electron chi connectivity index (χ3n) is 4.39. The van der Waals surface area contributed by atoms with E-state index >= 15 is 0 Å². The molecule has 0 aliphatic carbocycles. The summed E-state index contributed by atoms with van der Waals surface area (Å²) in [6, 6.07) is 12.7. The van der Waals surface area contributed by atoms with Crippen LogP contribution in [0.2, 0.25) is 0 Å². The lowest BCUT2D eigenvalue weighted by molar-refractivity contribution is 0.102. The molecule has 0 bridgehead atoms. The van der Waals surface area contributed by atoms with Crippen LogP contribution >= 0.6 is 0 Å². The normalized spacial score (nSPS) is 10.8. The van der Waals surface area contributed by atoms with E-state index in [1.54, 1.807) is 24.4 Å². The zero-order chi connectivity index (χ0) is 20.4. The van der Waals surface area contributed by atoms with Crippen LogP contribution in [-0.2, 0) is 6.54 Å². The van der Waals surface area contributed by atoms with Gasteiger partial charge in [-0.25, -0.2) is 4.39 Å². The topological polar surface area (TPSA) is 84.7 Å². The fourth-order valence-corrected chi connectivity index (χ4v) is 2.96. The summed E-state index contributed by atoms with van der Waals surface area (Å²) >= 11 is 0. The predicted molar refractivity (Wildman–Crippen MR) is 107 cm³/mol. The highest BCUT2D eigenvalue weighted by Gasteiger charge is 2.10. The molecular formula is C21H18FN5O2. The van der Waals surface area contributed by atoms with E-state index in [1.165, 1.54) is 29.1 Å². The van der Waals surface area contributed by atoms with Crippen molar-refractivity contribution in [1.29, 1.82) is 0 Å². The maximum atomic E-state index is 14.4. The van der Waals surface area contributed by atoms with Crippen molar-refractivity contribution in [1.82, 2.24) is 19.6 Å². The molecule has 146 valence electrons. The Bertz CT molecular complexity index is 1220. The molecule has 4 rings (SSSR count). The number of hydrogen-bond acceptors (Lipinski definition) is 3. The van der Waals surface area contributed by atoms with Gasteiger partial charge < -0.3 is 5.32 Å². The van der Waals surface area contributed by atoms with E-state index in [2.05, 4.69) is 15.5 Å². The van der Waals surface area contributed by atoms with E-state index in [-0.39, 0.29) is 17.2 Å². The quantitative estimate of drug-likeness (QED) is 0.548. The van der Waals surface area contributed by atoms with Crippen molar-refractivity contribution in [3.63, 3.8) is 0 Å². The molecule has 0 radical (unpaired) electrons. The maximum Gasteiger partial charge on any atom is 0.264 e. The van der Waals surface area contributed by atoms with Crippen molar-refractivity contribution in [2.75, 3.05) is 5.32 Å². The summed E-state index contributed by atoms with van der Waals surface area (Å²) < 4.78 is 17.5. The molecular weight excluding hydrogens is 373 g/mol. The van der Waals surface area contributed by atoms with Crippen LogP contribution in [0, 0.1) is 12.7 Å². The van der Waals surface area contributed by atoms with Crippen LogP contribution in [0.3, 0.4) is 0 Å². The first-order chi connectivity index (χ1) is 14.0. The summed E-state index contributed by atoms with van der Waals surface area (Å²) in [5.41, 5.74) is 2.74. The molecule has 0 atom stereocenters. The van der Waals surface area contributed by atoms with Crippen molar-refractivity contribution < 1.29 is 9.18 Å². The number of aromatic amines is 1. The van der Waals surface area contributed by atoms with Gasteiger partial charge in [-0.2, -0.15) is 5.10 Å². The van der Waals surface area contributed by atoms with Gasteiger partial charge in [0.2, 0.25) is 0 Å². The highest BCUT2D eigenvalue weighted by molar-refractivity contribution is 6.04. The van der Waals surface area contributed by atoms with Gasteiger partial charge in [0.1, 0.15) is 0 Å². The molecule has 0 saturated carbocycles. The van der Waals surface area contributed by atoms with Crippen LogP contribution in [0.1, 0.15) is 21.5 Å². The van der Waals surface area contributed by atoms with Crippen molar-refractivity contribution in [3.05, 3.63) is 100.0 Å². The number of benzene rings is 2. The summed E-state index contributed by atoms with van der Waals surface area (Å²) in [5.74, 6) is -0.910. The second kappa shape index (κ2) is 7.59. The van der Waals surface area contributed by atoms with Gasteiger partial charge in [-0.15, -0.1) is 0 Å². The highest BCUT2D eigenvalue weighted by atomic mass is 19.1. The van der Waals surface area contributed by atoms with E-state index in [4.69, 9.17) is 0 Å². The average molecular weight is 391 g/mol. The molecule has 8 heteroatoms. The Balaban J connectivity index is 1.45. The average Bonchev–Trinajstić information content (AvgIpc) is 3.30. The summed E-state index contributed by atoms with van der Waals surface area (Å²) in [4.78, 5) is 23.7. The van der Waals surface area contributed by atoms with Gasteiger partial charge >= 0.3 is 0 Å². The van der Waals surface area contributed by atoms with Crippen molar-refractivity contribution >= 4 is 11.6 Å². The standard InChI is InChI=1S/C21H18FN5O2/c1-14-11-23-26(12-14)13-15-2-4-16(5-3-15)21(29)24-17-6-7-19(18(22)10-17)27-9-8-20(28)25-27/h2-12H,13H2,1H3,(H,24,29)(H,25,28). The summed E-state index contributed by atoms with van der Waals surface area (Å²) in [5, 5.41) is 9.39. The number of nitrogens with zero attached hydrogens (tertiary/aromatic N) is 3. The maximum absolute atomic E-state index is 14.4. The molecule has 0 fully saturated rings. The first-order valence-electron chi connectivity index (χ1n) is 8.95. The third-order valence-corrected chi connectivity index (χ3v) is 4.39. The third kappa shape index (κ3) is 4.16. The largest absolute Gasteiger partial charge is 0.322 e. The molecule has 1 amide bonds. The zero-order valence-corrected chi connectivity index (χ0v) is 15.6. The Morgan fingerprint density at radius 2 is 1.97 bits per heavy atom. The van der Waals surface area contributed by atoms with Crippen LogP contribution in [0.4, 0.5) is 10.1 Å². The molecule has 2 aromatic heterocycles. The van der Waals surface area contributed by atoms with Gasteiger partial charge in [0.25, 0.3) is 11.5 Å². The number of H-pyrrole nitrogens is 1. The van der Waals surface area contributed by atoms with Crippen molar-refractivity contribution in [3.8, 4) is 5.69 Å². The smallest absolute Gasteiger partial charge is 0.264 e. The zero-order valence-electron chi connectivity index (χ0n) is 15.6. The number of halogens is 1. The Kier molecular flexibility index (Phi) is 4.82. The van der Waals surface area contributed by atoms with Gasteiger partial charge in [0.15, 0.2) is 5.82 Å². The van der Waals surface area contributed by atoms with E-state index in [0.29, 0.717) is 17.8 Å². The van der Waals surface area contributed by atoms with Gasteiger partial charge in [-0.05, 0) is 48.4 Å². The lowest BCUT2D eigenvalue weighted by Crippen LogP contribution is -2.13. The Hall–Kier alpha value is -3.94. The molecule has 2 aromatic carbocycles. The van der Waals surface area contributed by atoms with Crippen LogP contribution in [0.25, 0.3) is 5.69 Å². The van der Waals surface area contributed by atoms with E-state index < -0.39 is 5.82 Å². The molecule has 2 N–H and O–H groups in total. The minimum Gasteiger partial charge on any atom is -0.322 e. The summed E-state index contributed by atoms with van der Waals surface area (Å²) in [7, 11) is 0. The lowest BCUT2D eigenvalue weighted by Gasteiger charge is -2.09. The SMILES string of the molecule is Cc1cnn(Cc2ccc(C(=O)Nc3ccc(-n4ccc(=O)[nH]4)c(F)c3)cc2)c1. The first kappa shape index (κ1) is 18.4. The molecule has 0 saturated heterocycles. The first-order valence-corrected chi connectivity index (χ1v) is 8.95. The number of anilines is 1. The molecule has 0 aliphatic heterocycles. The van der Waals surface area contributed by atoms with Crippen molar-refractivity contribution in [2.45, 2.75) is 13.5 Å². The van der Waals surface area contributed by atoms with E-state index in [0.717, 1.165) is 11.1 Å². The van der Waals surface area contributed by atoms with Gasteiger partial charge in [-0.1, -0.05) is 12.1 Å². The van der Waals surface area contributed by atoms with Crippen LogP contribution in [0.15, 0.2) is 71.9 Å². The molecule has 7 nitrogen and oxygen atoms in total. The number of rotatable bonds is 5. The predicted octanol–water partition coefficient (Wildman–Crippen LogP) is 3.11. The van der Waals surface area contributed by atoms with Crippen LogP contribution in [-0.4, -0.2) is 25.5 Å². The number of carbonyl (C=O) groups excluding carboxylic acids is 1. The summed E-state index contributed by atoms with van der Waals surface area (Å²) in [6.45, 7) is 2.59. The Morgan fingerprint density at radius 3 is 2.59 bits per heavy atom. The lowest BCUT2D eigenvalue weighted by atomic mass is 10.1. The fraction of sp³-hybridized carbons (Fsp3) is 0.0952. The van der Waals surface area contributed by atoms with Gasteiger partial charge in [0, 0.05) is 29.7 Å². The monoisotopic (exact) mass is 391 g/mol. The van der Waals surface area contributed by atoms with E-state index in [9.17, 15) is 14.0 Å². The number of aryl methyl sites for hydroxylation is 1. The Morgan fingerprint density at radius 1 is 1.17 bits per heavy atom. The molecule has 29 heavy (non-hydrogen) atoms.